The standard InChI is InChI=1S/C9H9NO3/c1-13-8(11)5-4-7-3-2-6-10-9(7)12/h2-6H,1H3,(H,10,12)/b5-4+. The number of methoxy groups -OCH3 is 1. The van der Waals surface area contributed by atoms with E-state index in [1.54, 1.807) is 12.1 Å². The number of carbonyl (C=O) groups excluding carboxylic acids is 1. The summed E-state index contributed by atoms with van der Waals surface area (Å²) in [5.41, 5.74) is 0.190. The first-order valence-corrected chi connectivity index (χ1v) is 3.68. The Hall–Kier alpha value is -1.84. The van der Waals surface area contributed by atoms with Crippen molar-refractivity contribution >= 4 is 12.0 Å². The highest BCUT2D eigenvalue weighted by molar-refractivity contribution is 5.86. The Kier molecular flexibility index (Phi) is 3.03. The average Bonchev–Trinajstić information content (AvgIpc) is 2.16. The van der Waals surface area contributed by atoms with Crippen molar-refractivity contribution < 1.29 is 9.53 Å². The summed E-state index contributed by atoms with van der Waals surface area (Å²) in [6, 6.07) is 3.29. The molecule has 0 aromatic carbocycles. The highest BCUT2D eigenvalue weighted by Crippen LogP contribution is 1.93. The van der Waals surface area contributed by atoms with E-state index in [4.69, 9.17) is 0 Å². The molecule has 1 aromatic heterocycles. The summed E-state index contributed by atoms with van der Waals surface area (Å²) in [6.07, 6.45) is 4.13. The van der Waals surface area contributed by atoms with Gasteiger partial charge in [-0.2, -0.15) is 0 Å². The molecule has 0 radical (unpaired) electrons. The molecule has 0 aliphatic carbocycles. The summed E-state index contributed by atoms with van der Waals surface area (Å²) in [4.78, 5) is 24.2. The molecule has 68 valence electrons. The minimum Gasteiger partial charge on any atom is -0.466 e. The molecule has 0 amide bonds. The largest absolute Gasteiger partial charge is 0.466 e. The number of ether oxygens (including phenoxy) is 1. The van der Waals surface area contributed by atoms with Crippen LogP contribution in [0, 0.1) is 0 Å². The van der Waals surface area contributed by atoms with Crippen molar-refractivity contribution in [2.75, 3.05) is 7.11 Å². The molecule has 0 spiro atoms. The molecule has 0 aliphatic heterocycles. The maximum absolute atomic E-state index is 11.1. The van der Waals surface area contributed by atoms with Gasteiger partial charge in [-0.1, -0.05) is 0 Å². The lowest BCUT2D eigenvalue weighted by atomic mass is 10.2. The highest BCUT2D eigenvalue weighted by atomic mass is 16.5. The van der Waals surface area contributed by atoms with Crippen molar-refractivity contribution in [1.82, 2.24) is 4.98 Å². The van der Waals surface area contributed by atoms with E-state index >= 15 is 0 Å². The van der Waals surface area contributed by atoms with E-state index < -0.39 is 5.97 Å². The minimum absolute atomic E-state index is 0.234. The van der Waals surface area contributed by atoms with Gasteiger partial charge in [0.2, 0.25) is 0 Å². The first kappa shape index (κ1) is 9.25. The number of aromatic nitrogens is 1. The Balaban J connectivity index is 2.86. The fraction of sp³-hybridized carbons (Fsp3) is 0.111. The van der Waals surface area contributed by atoms with Crippen molar-refractivity contribution in [2.24, 2.45) is 0 Å². The number of hydrogen-bond acceptors (Lipinski definition) is 3. The lowest BCUT2D eigenvalue weighted by Gasteiger charge is -1.90. The van der Waals surface area contributed by atoms with Crippen LogP contribution in [0.2, 0.25) is 0 Å². The first-order valence-electron chi connectivity index (χ1n) is 3.68. The summed E-state index contributed by atoms with van der Waals surface area (Å²) in [6.45, 7) is 0. The number of hydrogen-bond donors (Lipinski definition) is 1. The van der Waals surface area contributed by atoms with Crippen molar-refractivity contribution in [1.29, 1.82) is 0 Å². The Bertz CT molecular complexity index is 378. The predicted molar refractivity (Wildman–Crippen MR) is 48.1 cm³/mol. The molecule has 0 bridgehead atoms. The van der Waals surface area contributed by atoms with Crippen LogP contribution in [0.15, 0.2) is 29.2 Å². The zero-order chi connectivity index (χ0) is 9.68. The third-order valence-corrected chi connectivity index (χ3v) is 1.45. The van der Waals surface area contributed by atoms with Gasteiger partial charge in [0, 0.05) is 17.8 Å². The van der Waals surface area contributed by atoms with Crippen LogP contribution in [0.4, 0.5) is 0 Å². The summed E-state index contributed by atoms with van der Waals surface area (Å²) in [5, 5.41) is 0. The van der Waals surface area contributed by atoms with Gasteiger partial charge in [-0.25, -0.2) is 4.79 Å². The monoisotopic (exact) mass is 179 g/mol. The lowest BCUT2D eigenvalue weighted by molar-refractivity contribution is -0.134. The number of nitrogens with one attached hydrogen (secondary N) is 1. The maximum Gasteiger partial charge on any atom is 0.330 e. The second kappa shape index (κ2) is 4.25. The Morgan fingerprint density at radius 2 is 2.38 bits per heavy atom. The Morgan fingerprint density at radius 1 is 1.62 bits per heavy atom. The molecular weight excluding hydrogens is 170 g/mol. The van der Waals surface area contributed by atoms with Crippen LogP contribution in [0.1, 0.15) is 5.56 Å². The van der Waals surface area contributed by atoms with Gasteiger partial charge in [-0.3, -0.25) is 4.79 Å². The smallest absolute Gasteiger partial charge is 0.330 e. The molecule has 0 fully saturated rings. The van der Waals surface area contributed by atoms with Gasteiger partial charge in [0.15, 0.2) is 0 Å². The van der Waals surface area contributed by atoms with Crippen LogP contribution in [-0.2, 0) is 9.53 Å². The average molecular weight is 179 g/mol. The third-order valence-electron chi connectivity index (χ3n) is 1.45. The van der Waals surface area contributed by atoms with Gasteiger partial charge < -0.3 is 9.72 Å². The van der Waals surface area contributed by atoms with Gasteiger partial charge in [0.1, 0.15) is 0 Å². The zero-order valence-electron chi connectivity index (χ0n) is 7.11. The van der Waals surface area contributed by atoms with Gasteiger partial charge in [-0.05, 0) is 18.2 Å². The molecule has 1 N–H and O–H groups in total. The molecule has 13 heavy (non-hydrogen) atoms. The van der Waals surface area contributed by atoms with Crippen LogP contribution in [-0.4, -0.2) is 18.1 Å². The minimum atomic E-state index is -0.483. The van der Waals surface area contributed by atoms with E-state index in [0.717, 1.165) is 0 Å². The van der Waals surface area contributed by atoms with E-state index in [1.807, 2.05) is 0 Å². The molecule has 4 heteroatoms. The van der Waals surface area contributed by atoms with Crippen LogP contribution >= 0.6 is 0 Å². The second-order valence-electron chi connectivity index (χ2n) is 2.31. The zero-order valence-corrected chi connectivity index (χ0v) is 7.11. The second-order valence-corrected chi connectivity index (χ2v) is 2.31. The van der Waals surface area contributed by atoms with Crippen molar-refractivity contribution in [3.8, 4) is 0 Å². The van der Waals surface area contributed by atoms with E-state index in [-0.39, 0.29) is 5.56 Å². The molecule has 1 heterocycles. The molecule has 0 saturated heterocycles. The van der Waals surface area contributed by atoms with Crippen LogP contribution in [0.5, 0.6) is 0 Å². The van der Waals surface area contributed by atoms with E-state index in [2.05, 4.69) is 9.72 Å². The van der Waals surface area contributed by atoms with Crippen LogP contribution in [0.3, 0.4) is 0 Å². The number of esters is 1. The van der Waals surface area contributed by atoms with Crippen LogP contribution < -0.4 is 5.56 Å². The first-order chi connectivity index (χ1) is 6.24. The molecule has 0 unspecified atom stereocenters. The van der Waals surface area contributed by atoms with Gasteiger partial charge in [0.05, 0.1) is 7.11 Å². The molecule has 0 atom stereocenters. The van der Waals surface area contributed by atoms with Crippen molar-refractivity contribution in [3.05, 3.63) is 40.3 Å². The normalized spacial score (nSPS) is 10.2. The number of aromatic amines is 1. The fourth-order valence-corrected chi connectivity index (χ4v) is 0.792. The summed E-state index contributed by atoms with van der Waals surface area (Å²) < 4.78 is 4.37. The number of carbonyl (C=O) groups is 1. The third kappa shape index (κ3) is 2.59. The maximum atomic E-state index is 11.1. The molecule has 4 nitrogen and oxygen atoms in total. The number of rotatable bonds is 2. The van der Waals surface area contributed by atoms with Crippen LogP contribution in [0.25, 0.3) is 6.08 Å². The Morgan fingerprint density at radius 3 is 3.00 bits per heavy atom. The van der Waals surface area contributed by atoms with Gasteiger partial charge in [0.25, 0.3) is 5.56 Å². The molecule has 0 aliphatic rings. The predicted octanol–water partition coefficient (Wildman–Crippen LogP) is 0.561. The summed E-state index contributed by atoms with van der Waals surface area (Å²) >= 11 is 0. The van der Waals surface area contributed by atoms with Gasteiger partial charge >= 0.3 is 5.97 Å². The Labute approximate surface area is 74.9 Å². The number of pyridine rings is 1. The number of H-pyrrole nitrogens is 1. The summed E-state index contributed by atoms with van der Waals surface area (Å²) in [5.74, 6) is -0.483. The van der Waals surface area contributed by atoms with Gasteiger partial charge in [-0.15, -0.1) is 0 Å². The SMILES string of the molecule is COC(=O)/C=C/c1ccc[nH]c1=O. The van der Waals surface area contributed by atoms with Crippen molar-refractivity contribution in [3.63, 3.8) is 0 Å². The fourth-order valence-electron chi connectivity index (χ4n) is 0.792. The summed E-state index contributed by atoms with van der Waals surface area (Å²) in [7, 11) is 1.28. The molecule has 1 rings (SSSR count). The lowest BCUT2D eigenvalue weighted by Crippen LogP contribution is -2.07. The van der Waals surface area contributed by atoms with E-state index in [9.17, 15) is 9.59 Å². The quantitative estimate of drug-likeness (QED) is 0.533. The van der Waals surface area contributed by atoms with E-state index in [1.165, 1.54) is 25.5 Å². The topological polar surface area (TPSA) is 59.2 Å². The molecular formula is C9H9NO3. The van der Waals surface area contributed by atoms with E-state index in [0.29, 0.717) is 5.56 Å². The van der Waals surface area contributed by atoms with Crippen molar-refractivity contribution in [2.45, 2.75) is 0 Å². The molecule has 1 aromatic rings. The highest BCUT2D eigenvalue weighted by Gasteiger charge is 1.94. The molecule has 0 saturated carbocycles.